The van der Waals surface area contributed by atoms with Crippen LogP contribution >= 0.6 is 0 Å². The highest BCUT2D eigenvalue weighted by atomic mass is 16.5. The molecule has 20 heavy (non-hydrogen) atoms. The highest BCUT2D eigenvalue weighted by molar-refractivity contribution is 5.90. The van der Waals surface area contributed by atoms with E-state index in [1.165, 1.54) is 26.4 Å². The van der Waals surface area contributed by atoms with Crippen molar-refractivity contribution in [1.29, 1.82) is 0 Å². The average molecular weight is 280 g/mol. The Morgan fingerprint density at radius 1 is 1.55 bits per heavy atom. The summed E-state index contributed by atoms with van der Waals surface area (Å²) in [5, 5.41) is 0. The third-order valence-corrected chi connectivity index (χ3v) is 4.29. The first-order valence-corrected chi connectivity index (χ1v) is 7.30. The van der Waals surface area contributed by atoms with E-state index in [4.69, 9.17) is 14.9 Å². The lowest BCUT2D eigenvalue weighted by Crippen LogP contribution is -2.40. The van der Waals surface area contributed by atoms with Crippen molar-refractivity contribution in [1.82, 2.24) is 4.90 Å². The number of furan rings is 1. The van der Waals surface area contributed by atoms with Crippen molar-refractivity contribution < 1.29 is 13.9 Å². The molecule has 0 bridgehead atoms. The highest BCUT2D eigenvalue weighted by Crippen LogP contribution is 2.30. The molecule has 0 aromatic carbocycles. The summed E-state index contributed by atoms with van der Waals surface area (Å²) < 4.78 is 10.3. The fraction of sp³-hybridized carbons (Fsp3) is 0.667. The van der Waals surface area contributed by atoms with Gasteiger partial charge in [0, 0.05) is 6.04 Å². The number of nitrogens with zero attached hydrogens (tertiary/aromatic N) is 1. The van der Waals surface area contributed by atoms with E-state index >= 15 is 0 Å². The Hall–Kier alpha value is -1.33. The monoisotopic (exact) mass is 280 g/mol. The quantitative estimate of drug-likeness (QED) is 0.807. The SMILES string of the molecule is CCN(Cc1occc1C(=O)OC)C1CCCC1CN. The van der Waals surface area contributed by atoms with Gasteiger partial charge in [0.2, 0.25) is 0 Å². The zero-order chi connectivity index (χ0) is 14.5. The molecule has 1 fully saturated rings. The van der Waals surface area contributed by atoms with Crippen LogP contribution in [0.4, 0.5) is 0 Å². The van der Waals surface area contributed by atoms with Crippen LogP contribution in [0.1, 0.15) is 42.3 Å². The molecular weight excluding hydrogens is 256 g/mol. The van der Waals surface area contributed by atoms with E-state index in [0.29, 0.717) is 29.8 Å². The molecule has 2 unspecified atom stereocenters. The number of hydrogen-bond donors (Lipinski definition) is 1. The standard InChI is InChI=1S/C15H24N2O3/c1-3-17(13-6-4-5-11(13)9-16)10-14-12(7-8-20-14)15(18)19-2/h7-8,11,13H,3-6,9-10,16H2,1-2H3. The topological polar surface area (TPSA) is 68.7 Å². The van der Waals surface area contributed by atoms with E-state index in [0.717, 1.165) is 13.1 Å². The van der Waals surface area contributed by atoms with Gasteiger partial charge in [-0.2, -0.15) is 0 Å². The lowest BCUT2D eigenvalue weighted by molar-refractivity contribution is 0.0594. The maximum atomic E-state index is 11.7. The molecule has 5 nitrogen and oxygen atoms in total. The Labute approximate surface area is 120 Å². The lowest BCUT2D eigenvalue weighted by atomic mass is 10.0. The summed E-state index contributed by atoms with van der Waals surface area (Å²) in [6.07, 6.45) is 5.14. The van der Waals surface area contributed by atoms with Gasteiger partial charge >= 0.3 is 5.97 Å². The van der Waals surface area contributed by atoms with Crippen LogP contribution in [-0.4, -0.2) is 37.1 Å². The fourth-order valence-electron chi connectivity index (χ4n) is 3.18. The molecule has 1 aromatic heterocycles. The van der Waals surface area contributed by atoms with Gasteiger partial charge in [-0.25, -0.2) is 4.79 Å². The van der Waals surface area contributed by atoms with Crippen molar-refractivity contribution >= 4 is 5.97 Å². The average Bonchev–Trinajstić information content (AvgIpc) is 3.12. The Bertz CT molecular complexity index is 444. The normalized spacial score (nSPS) is 22.4. The van der Waals surface area contributed by atoms with Crippen LogP contribution in [0.15, 0.2) is 16.7 Å². The van der Waals surface area contributed by atoms with Crippen molar-refractivity contribution in [3.63, 3.8) is 0 Å². The number of rotatable bonds is 6. The molecule has 0 saturated heterocycles. The zero-order valence-corrected chi connectivity index (χ0v) is 12.3. The van der Waals surface area contributed by atoms with Crippen LogP contribution in [0.5, 0.6) is 0 Å². The minimum atomic E-state index is -0.341. The number of carbonyl (C=O) groups is 1. The van der Waals surface area contributed by atoms with Crippen LogP contribution in [0.2, 0.25) is 0 Å². The Balaban J connectivity index is 2.10. The second-order valence-corrected chi connectivity index (χ2v) is 5.31. The number of hydrogen-bond acceptors (Lipinski definition) is 5. The summed E-state index contributed by atoms with van der Waals surface area (Å²) >= 11 is 0. The predicted octanol–water partition coefficient (Wildman–Crippen LogP) is 2.02. The summed E-state index contributed by atoms with van der Waals surface area (Å²) in [6.45, 7) is 4.41. The van der Waals surface area contributed by atoms with Gasteiger partial charge < -0.3 is 14.9 Å². The van der Waals surface area contributed by atoms with Crippen molar-refractivity contribution in [2.45, 2.75) is 38.8 Å². The zero-order valence-electron chi connectivity index (χ0n) is 12.3. The molecule has 0 amide bonds. The van der Waals surface area contributed by atoms with Gasteiger partial charge in [-0.3, -0.25) is 4.90 Å². The number of methoxy groups -OCH3 is 1. The molecule has 1 heterocycles. The van der Waals surface area contributed by atoms with E-state index in [2.05, 4.69) is 11.8 Å². The summed E-state index contributed by atoms with van der Waals surface area (Å²) in [7, 11) is 1.39. The van der Waals surface area contributed by atoms with Gasteiger partial charge in [0.25, 0.3) is 0 Å². The molecular formula is C15H24N2O3. The summed E-state index contributed by atoms with van der Waals surface area (Å²) in [6, 6.07) is 2.16. The molecule has 0 spiro atoms. The van der Waals surface area contributed by atoms with Crippen molar-refractivity contribution in [2.24, 2.45) is 11.7 Å². The molecule has 5 heteroatoms. The first-order valence-electron chi connectivity index (χ1n) is 7.30. The molecule has 0 aliphatic heterocycles. The van der Waals surface area contributed by atoms with Gasteiger partial charge in [-0.05, 0) is 37.9 Å². The minimum Gasteiger partial charge on any atom is -0.467 e. The van der Waals surface area contributed by atoms with Crippen LogP contribution < -0.4 is 5.73 Å². The van der Waals surface area contributed by atoms with Crippen molar-refractivity contribution in [2.75, 3.05) is 20.2 Å². The largest absolute Gasteiger partial charge is 0.467 e. The third kappa shape index (κ3) is 3.04. The maximum absolute atomic E-state index is 11.7. The second-order valence-electron chi connectivity index (χ2n) is 5.31. The van der Waals surface area contributed by atoms with Gasteiger partial charge in [-0.15, -0.1) is 0 Å². The summed E-state index contributed by atoms with van der Waals surface area (Å²) in [4.78, 5) is 14.0. The number of ether oxygens (including phenoxy) is 1. The van der Waals surface area contributed by atoms with Gasteiger partial charge in [0.1, 0.15) is 11.3 Å². The second kappa shape index (κ2) is 6.90. The van der Waals surface area contributed by atoms with Gasteiger partial charge in [-0.1, -0.05) is 13.3 Å². The van der Waals surface area contributed by atoms with Crippen LogP contribution in [0, 0.1) is 5.92 Å². The fourth-order valence-corrected chi connectivity index (χ4v) is 3.18. The van der Waals surface area contributed by atoms with Gasteiger partial charge in [0.05, 0.1) is 19.9 Å². The summed E-state index contributed by atoms with van der Waals surface area (Å²) in [5.41, 5.74) is 6.39. The molecule has 2 N–H and O–H groups in total. The number of carbonyl (C=O) groups excluding carboxylic acids is 1. The van der Waals surface area contributed by atoms with Crippen LogP contribution in [-0.2, 0) is 11.3 Å². The van der Waals surface area contributed by atoms with E-state index in [1.807, 2.05) is 0 Å². The lowest BCUT2D eigenvalue weighted by Gasteiger charge is -2.31. The van der Waals surface area contributed by atoms with Gasteiger partial charge in [0.15, 0.2) is 0 Å². The molecule has 1 aromatic rings. The van der Waals surface area contributed by atoms with Crippen LogP contribution in [0.3, 0.4) is 0 Å². The number of esters is 1. The van der Waals surface area contributed by atoms with E-state index in [9.17, 15) is 4.79 Å². The van der Waals surface area contributed by atoms with Crippen molar-refractivity contribution in [3.05, 3.63) is 23.7 Å². The molecule has 2 atom stereocenters. The molecule has 1 aliphatic rings. The van der Waals surface area contributed by atoms with E-state index in [-0.39, 0.29) is 5.97 Å². The minimum absolute atomic E-state index is 0.341. The first-order chi connectivity index (χ1) is 9.71. The van der Waals surface area contributed by atoms with Crippen LogP contribution in [0.25, 0.3) is 0 Å². The molecule has 2 rings (SSSR count). The van der Waals surface area contributed by atoms with E-state index in [1.54, 1.807) is 12.3 Å². The first kappa shape index (κ1) is 15.1. The smallest absolute Gasteiger partial charge is 0.341 e. The highest BCUT2D eigenvalue weighted by Gasteiger charge is 2.31. The number of nitrogens with two attached hydrogens (primary N) is 1. The molecule has 112 valence electrons. The maximum Gasteiger partial charge on any atom is 0.341 e. The summed E-state index contributed by atoms with van der Waals surface area (Å²) in [5.74, 6) is 0.888. The molecule has 0 radical (unpaired) electrons. The predicted molar refractivity (Wildman–Crippen MR) is 76.3 cm³/mol. The van der Waals surface area contributed by atoms with E-state index < -0.39 is 0 Å². The van der Waals surface area contributed by atoms with Crippen molar-refractivity contribution in [3.8, 4) is 0 Å². The molecule has 1 saturated carbocycles. The Morgan fingerprint density at radius 2 is 2.35 bits per heavy atom. The Kier molecular flexibility index (Phi) is 5.20. The third-order valence-electron chi connectivity index (χ3n) is 4.29. The molecule has 1 aliphatic carbocycles. The Morgan fingerprint density at radius 3 is 3.00 bits per heavy atom.